The van der Waals surface area contributed by atoms with Crippen molar-refractivity contribution in [2.24, 2.45) is 0 Å². The van der Waals surface area contributed by atoms with E-state index in [1.807, 2.05) is 36.4 Å². The predicted octanol–water partition coefficient (Wildman–Crippen LogP) is 4.01. The molecular formula is C20H20O4. The molecule has 2 aromatic rings. The van der Waals surface area contributed by atoms with Crippen molar-refractivity contribution in [1.82, 2.24) is 0 Å². The third kappa shape index (κ3) is 4.22. The fourth-order valence-corrected chi connectivity index (χ4v) is 2.90. The predicted molar refractivity (Wildman–Crippen MR) is 89.8 cm³/mol. The highest BCUT2D eigenvalue weighted by atomic mass is 16.6. The molecule has 2 aromatic carbocycles. The normalized spacial score (nSPS) is 20.2. The molecule has 124 valence electrons. The molecule has 4 nitrogen and oxygen atoms in total. The van der Waals surface area contributed by atoms with Gasteiger partial charge in [0.25, 0.3) is 0 Å². The van der Waals surface area contributed by atoms with Crippen molar-refractivity contribution in [2.45, 2.75) is 37.9 Å². The lowest BCUT2D eigenvalue weighted by Gasteiger charge is -2.28. The summed E-state index contributed by atoms with van der Waals surface area (Å²) in [5.41, 5.74) is 1.09. The molecule has 1 aliphatic carbocycles. The first kappa shape index (κ1) is 16.2. The minimum atomic E-state index is -0.323. The van der Waals surface area contributed by atoms with Gasteiger partial charge in [-0.2, -0.15) is 0 Å². The highest BCUT2D eigenvalue weighted by Crippen LogP contribution is 2.25. The maximum absolute atomic E-state index is 12.1. The number of hydrogen-bond donors (Lipinski definition) is 0. The van der Waals surface area contributed by atoms with Gasteiger partial charge < -0.3 is 9.47 Å². The zero-order valence-corrected chi connectivity index (χ0v) is 13.4. The highest BCUT2D eigenvalue weighted by Gasteiger charge is 2.28. The summed E-state index contributed by atoms with van der Waals surface area (Å²) in [5, 5.41) is 0. The van der Waals surface area contributed by atoms with Crippen LogP contribution in [0.1, 0.15) is 46.4 Å². The Kier molecular flexibility index (Phi) is 5.26. The smallest absolute Gasteiger partial charge is 0.338 e. The number of carbonyl (C=O) groups is 2. The Labute approximate surface area is 141 Å². The fraction of sp³-hybridized carbons (Fsp3) is 0.300. The summed E-state index contributed by atoms with van der Waals surface area (Å²) in [6.45, 7) is 0. The maximum Gasteiger partial charge on any atom is 0.338 e. The van der Waals surface area contributed by atoms with E-state index in [-0.39, 0.29) is 24.1 Å². The van der Waals surface area contributed by atoms with Gasteiger partial charge in [0.2, 0.25) is 0 Å². The first-order chi connectivity index (χ1) is 11.7. The van der Waals surface area contributed by atoms with Gasteiger partial charge in [0.1, 0.15) is 12.2 Å². The van der Waals surface area contributed by atoms with Crippen LogP contribution in [0.5, 0.6) is 0 Å². The molecule has 0 N–H and O–H groups in total. The largest absolute Gasteiger partial charge is 0.459 e. The molecule has 0 amide bonds. The van der Waals surface area contributed by atoms with Crippen LogP contribution in [0.15, 0.2) is 60.7 Å². The molecule has 0 bridgehead atoms. The molecule has 0 saturated heterocycles. The van der Waals surface area contributed by atoms with Gasteiger partial charge in [-0.3, -0.25) is 0 Å². The van der Waals surface area contributed by atoms with Crippen LogP contribution in [0.4, 0.5) is 0 Å². The van der Waals surface area contributed by atoms with Gasteiger partial charge in [-0.25, -0.2) is 9.59 Å². The van der Waals surface area contributed by atoms with Crippen molar-refractivity contribution < 1.29 is 19.1 Å². The number of carbonyl (C=O) groups excluding carboxylic acids is 2. The van der Waals surface area contributed by atoms with E-state index in [0.717, 1.165) is 19.3 Å². The summed E-state index contributed by atoms with van der Waals surface area (Å²) in [7, 11) is 0. The van der Waals surface area contributed by atoms with Gasteiger partial charge in [-0.15, -0.1) is 0 Å². The van der Waals surface area contributed by atoms with E-state index < -0.39 is 0 Å². The standard InChI is InChI=1S/C20H20O4/c21-19(15-8-3-1-4-9-15)23-17-12-7-13-18(14-17)24-20(22)16-10-5-2-6-11-16/h1-6,8-11,17-18H,7,12-14H2/t17-,18+. The quantitative estimate of drug-likeness (QED) is 0.797. The summed E-state index contributed by atoms with van der Waals surface area (Å²) < 4.78 is 11.1. The van der Waals surface area contributed by atoms with Gasteiger partial charge in [0, 0.05) is 6.42 Å². The van der Waals surface area contributed by atoms with Crippen molar-refractivity contribution in [3.8, 4) is 0 Å². The lowest BCUT2D eigenvalue weighted by Crippen LogP contribution is -2.31. The zero-order chi connectivity index (χ0) is 16.8. The third-order valence-electron chi connectivity index (χ3n) is 4.14. The van der Waals surface area contributed by atoms with Crippen LogP contribution in [0, 0.1) is 0 Å². The molecule has 0 spiro atoms. The van der Waals surface area contributed by atoms with Crippen molar-refractivity contribution in [2.75, 3.05) is 0 Å². The lowest BCUT2D eigenvalue weighted by atomic mass is 9.94. The van der Waals surface area contributed by atoms with Crippen molar-refractivity contribution >= 4 is 11.9 Å². The van der Waals surface area contributed by atoms with Crippen LogP contribution in [0.2, 0.25) is 0 Å². The Hall–Kier alpha value is -2.62. The van der Waals surface area contributed by atoms with Crippen molar-refractivity contribution in [1.29, 1.82) is 0 Å². The second-order valence-corrected chi connectivity index (χ2v) is 5.95. The Morgan fingerprint density at radius 1 is 0.708 bits per heavy atom. The Morgan fingerprint density at radius 2 is 1.12 bits per heavy atom. The SMILES string of the molecule is O=C(O[C@@H]1CCC[C@H](OC(=O)c2ccccc2)C1)c1ccccc1. The molecule has 1 aliphatic rings. The van der Waals surface area contributed by atoms with Crippen LogP contribution in [0.25, 0.3) is 0 Å². The minimum absolute atomic E-state index is 0.208. The van der Waals surface area contributed by atoms with E-state index in [4.69, 9.17) is 9.47 Å². The third-order valence-corrected chi connectivity index (χ3v) is 4.14. The van der Waals surface area contributed by atoms with Gasteiger partial charge in [0.05, 0.1) is 11.1 Å². The molecule has 0 radical (unpaired) electrons. The molecule has 0 aromatic heterocycles. The first-order valence-electron chi connectivity index (χ1n) is 8.24. The van der Waals surface area contributed by atoms with Crippen molar-refractivity contribution in [3.05, 3.63) is 71.8 Å². The van der Waals surface area contributed by atoms with E-state index in [9.17, 15) is 9.59 Å². The minimum Gasteiger partial charge on any atom is -0.459 e. The number of benzene rings is 2. The van der Waals surface area contributed by atoms with E-state index in [1.165, 1.54) is 0 Å². The maximum atomic E-state index is 12.1. The molecule has 4 heteroatoms. The van der Waals surface area contributed by atoms with Gasteiger partial charge in [-0.1, -0.05) is 36.4 Å². The molecule has 2 atom stereocenters. The number of ether oxygens (including phenoxy) is 2. The average molecular weight is 324 g/mol. The van der Waals surface area contributed by atoms with E-state index in [0.29, 0.717) is 17.5 Å². The van der Waals surface area contributed by atoms with Crippen LogP contribution in [0.3, 0.4) is 0 Å². The fourth-order valence-electron chi connectivity index (χ4n) is 2.90. The molecule has 0 heterocycles. The molecular weight excluding hydrogens is 304 g/mol. The number of hydrogen-bond acceptors (Lipinski definition) is 4. The van der Waals surface area contributed by atoms with Gasteiger partial charge in [0.15, 0.2) is 0 Å². The Balaban J connectivity index is 1.55. The van der Waals surface area contributed by atoms with Crippen LogP contribution < -0.4 is 0 Å². The second-order valence-electron chi connectivity index (χ2n) is 5.95. The zero-order valence-electron chi connectivity index (χ0n) is 13.4. The summed E-state index contributed by atoms with van der Waals surface area (Å²) in [4.78, 5) is 24.3. The number of rotatable bonds is 4. The van der Waals surface area contributed by atoms with E-state index in [2.05, 4.69) is 0 Å². The Bertz CT molecular complexity index is 622. The van der Waals surface area contributed by atoms with Crippen molar-refractivity contribution in [3.63, 3.8) is 0 Å². The summed E-state index contributed by atoms with van der Waals surface area (Å²) in [5.74, 6) is -0.647. The Morgan fingerprint density at radius 3 is 1.54 bits per heavy atom. The monoisotopic (exact) mass is 324 g/mol. The van der Waals surface area contributed by atoms with Gasteiger partial charge in [-0.05, 0) is 43.5 Å². The highest BCUT2D eigenvalue weighted by molar-refractivity contribution is 5.90. The molecule has 1 fully saturated rings. The second kappa shape index (κ2) is 7.77. The van der Waals surface area contributed by atoms with E-state index >= 15 is 0 Å². The van der Waals surface area contributed by atoms with Crippen LogP contribution in [-0.2, 0) is 9.47 Å². The lowest BCUT2D eigenvalue weighted by molar-refractivity contribution is -0.0177. The van der Waals surface area contributed by atoms with Crippen LogP contribution >= 0.6 is 0 Å². The summed E-state index contributed by atoms with van der Waals surface area (Å²) in [6.07, 6.45) is 2.62. The van der Waals surface area contributed by atoms with Gasteiger partial charge >= 0.3 is 11.9 Å². The summed E-state index contributed by atoms with van der Waals surface area (Å²) >= 11 is 0. The van der Waals surface area contributed by atoms with Crippen LogP contribution in [-0.4, -0.2) is 24.1 Å². The topological polar surface area (TPSA) is 52.6 Å². The molecule has 3 rings (SSSR count). The summed E-state index contributed by atoms with van der Waals surface area (Å²) in [6, 6.07) is 17.9. The molecule has 0 unspecified atom stereocenters. The van der Waals surface area contributed by atoms with E-state index in [1.54, 1.807) is 24.3 Å². The molecule has 24 heavy (non-hydrogen) atoms. The molecule has 0 aliphatic heterocycles. The number of esters is 2. The first-order valence-corrected chi connectivity index (χ1v) is 8.24. The molecule has 1 saturated carbocycles. The average Bonchev–Trinajstić information content (AvgIpc) is 2.63.